The Morgan fingerprint density at radius 2 is 1.71 bits per heavy atom. The fourth-order valence-electron chi connectivity index (χ4n) is 1.96. The Labute approximate surface area is 123 Å². The van der Waals surface area contributed by atoms with Crippen LogP contribution in [0.3, 0.4) is 0 Å². The number of halogens is 3. The first-order valence-corrected chi connectivity index (χ1v) is 6.97. The Balaban J connectivity index is 2.38. The molecule has 0 fully saturated rings. The zero-order valence-corrected chi connectivity index (χ0v) is 12.5. The monoisotopic (exact) mass is 305 g/mol. The normalized spacial score (nSPS) is 14.3. The fourth-order valence-corrected chi connectivity index (χ4v) is 1.96. The molecule has 2 unspecified atom stereocenters. The Morgan fingerprint density at radius 1 is 1.14 bits per heavy atom. The average Bonchev–Trinajstić information content (AvgIpc) is 2.39. The van der Waals surface area contributed by atoms with E-state index in [0.29, 0.717) is 5.92 Å². The van der Waals surface area contributed by atoms with Crippen LogP contribution in [0.4, 0.5) is 18.9 Å². The largest absolute Gasteiger partial charge is 0.389 e. The van der Waals surface area contributed by atoms with Gasteiger partial charge in [0.25, 0.3) is 0 Å². The van der Waals surface area contributed by atoms with Gasteiger partial charge in [0.2, 0.25) is 0 Å². The average molecular weight is 305 g/mol. The quantitative estimate of drug-likeness (QED) is 0.724. The summed E-state index contributed by atoms with van der Waals surface area (Å²) in [5.41, 5.74) is 0.0701. The second-order valence-electron chi connectivity index (χ2n) is 5.56. The van der Waals surface area contributed by atoms with Crippen LogP contribution in [0, 0.1) is 23.4 Å². The summed E-state index contributed by atoms with van der Waals surface area (Å²) in [4.78, 5) is 0. The third-order valence-corrected chi connectivity index (χ3v) is 2.90. The molecule has 0 heterocycles. The molecule has 3 nitrogen and oxygen atoms in total. The minimum Gasteiger partial charge on any atom is -0.389 e. The van der Waals surface area contributed by atoms with Crippen molar-refractivity contribution in [1.29, 1.82) is 0 Å². The van der Waals surface area contributed by atoms with Gasteiger partial charge < -0.3 is 15.2 Å². The predicted molar refractivity (Wildman–Crippen MR) is 75.7 cm³/mol. The number of nitrogens with one attached hydrogen (secondary N) is 1. The molecule has 2 N–H and O–H groups in total. The van der Waals surface area contributed by atoms with E-state index in [0.717, 1.165) is 18.6 Å². The zero-order chi connectivity index (χ0) is 16.0. The number of rotatable bonds is 8. The molecular formula is C15H22F3NO2. The third kappa shape index (κ3) is 6.35. The SMILES string of the molecule is CC(C)CC(C)OCC(O)CNc1cc(F)c(F)c(F)c1. The molecule has 0 aromatic heterocycles. The molecule has 0 aliphatic rings. The van der Waals surface area contributed by atoms with Gasteiger partial charge in [-0.3, -0.25) is 0 Å². The van der Waals surface area contributed by atoms with Crippen LogP contribution in [0.5, 0.6) is 0 Å². The minimum absolute atomic E-state index is 0.0281. The molecule has 0 saturated carbocycles. The van der Waals surface area contributed by atoms with Crippen LogP contribution in [-0.2, 0) is 4.74 Å². The van der Waals surface area contributed by atoms with Gasteiger partial charge in [0.05, 0.1) is 18.8 Å². The van der Waals surface area contributed by atoms with Crippen molar-refractivity contribution in [3.8, 4) is 0 Å². The molecule has 0 amide bonds. The van der Waals surface area contributed by atoms with Gasteiger partial charge >= 0.3 is 0 Å². The van der Waals surface area contributed by atoms with Crippen molar-refractivity contribution in [2.45, 2.75) is 39.4 Å². The van der Waals surface area contributed by atoms with Gasteiger partial charge in [0.15, 0.2) is 17.5 Å². The van der Waals surface area contributed by atoms with Crippen LogP contribution < -0.4 is 5.32 Å². The Morgan fingerprint density at radius 3 is 2.24 bits per heavy atom. The van der Waals surface area contributed by atoms with Gasteiger partial charge in [0, 0.05) is 24.4 Å². The lowest BCUT2D eigenvalue weighted by Crippen LogP contribution is -2.27. The summed E-state index contributed by atoms with van der Waals surface area (Å²) < 4.78 is 44.2. The van der Waals surface area contributed by atoms with Gasteiger partial charge in [-0.05, 0) is 19.3 Å². The summed E-state index contributed by atoms with van der Waals surface area (Å²) in [5, 5.41) is 12.4. The van der Waals surface area contributed by atoms with Gasteiger partial charge in [-0.1, -0.05) is 13.8 Å². The van der Waals surface area contributed by atoms with Crippen LogP contribution in [0.25, 0.3) is 0 Å². The van der Waals surface area contributed by atoms with Crippen LogP contribution in [-0.4, -0.2) is 30.5 Å². The first-order chi connectivity index (χ1) is 9.79. The molecule has 21 heavy (non-hydrogen) atoms. The highest BCUT2D eigenvalue weighted by Crippen LogP contribution is 2.17. The number of anilines is 1. The summed E-state index contributed by atoms with van der Waals surface area (Å²) >= 11 is 0. The molecule has 0 aliphatic heterocycles. The standard InChI is InChI=1S/C15H22F3NO2/c1-9(2)4-10(3)21-8-12(20)7-19-11-5-13(16)15(18)14(17)6-11/h5-6,9-10,12,19-20H,4,7-8H2,1-3H3. The van der Waals surface area contributed by atoms with Gasteiger partial charge in [-0.2, -0.15) is 0 Å². The van der Waals surface area contributed by atoms with Crippen molar-refractivity contribution >= 4 is 5.69 Å². The van der Waals surface area contributed by atoms with Gasteiger partial charge in [0.1, 0.15) is 0 Å². The molecule has 0 radical (unpaired) electrons. The molecule has 120 valence electrons. The lowest BCUT2D eigenvalue weighted by Gasteiger charge is -2.18. The molecule has 0 bridgehead atoms. The predicted octanol–water partition coefficient (Wildman–Crippen LogP) is 3.33. The van der Waals surface area contributed by atoms with Gasteiger partial charge in [-0.15, -0.1) is 0 Å². The fraction of sp³-hybridized carbons (Fsp3) is 0.600. The second kappa shape index (κ2) is 8.24. The van der Waals surface area contributed by atoms with E-state index in [1.807, 2.05) is 6.92 Å². The molecule has 1 rings (SSSR count). The number of aliphatic hydroxyl groups excluding tert-OH is 1. The molecular weight excluding hydrogens is 283 g/mol. The number of aliphatic hydroxyl groups is 1. The van der Waals surface area contributed by atoms with Crippen LogP contribution in [0.15, 0.2) is 12.1 Å². The maximum Gasteiger partial charge on any atom is 0.194 e. The summed E-state index contributed by atoms with van der Waals surface area (Å²) in [6, 6.07) is 1.68. The molecule has 0 aliphatic carbocycles. The minimum atomic E-state index is -1.51. The lowest BCUT2D eigenvalue weighted by atomic mass is 10.1. The third-order valence-electron chi connectivity index (χ3n) is 2.90. The molecule has 0 saturated heterocycles. The van der Waals surface area contributed by atoms with Crippen molar-refractivity contribution < 1.29 is 23.0 Å². The second-order valence-corrected chi connectivity index (χ2v) is 5.56. The van der Waals surface area contributed by atoms with E-state index in [4.69, 9.17) is 4.74 Å². The summed E-state index contributed by atoms with van der Waals surface area (Å²) in [7, 11) is 0. The molecule has 6 heteroatoms. The Kier molecular flexibility index (Phi) is 6.98. The highest BCUT2D eigenvalue weighted by atomic mass is 19.2. The van der Waals surface area contributed by atoms with Crippen molar-refractivity contribution in [3.05, 3.63) is 29.6 Å². The van der Waals surface area contributed by atoms with Crippen LogP contribution >= 0.6 is 0 Å². The van der Waals surface area contributed by atoms with Crippen LogP contribution in [0.1, 0.15) is 27.2 Å². The van der Waals surface area contributed by atoms with E-state index in [-0.39, 0.29) is 24.9 Å². The molecule has 0 spiro atoms. The van der Waals surface area contributed by atoms with Gasteiger partial charge in [-0.25, -0.2) is 13.2 Å². The van der Waals surface area contributed by atoms with Crippen molar-refractivity contribution in [2.75, 3.05) is 18.5 Å². The van der Waals surface area contributed by atoms with E-state index in [2.05, 4.69) is 19.2 Å². The van der Waals surface area contributed by atoms with E-state index in [9.17, 15) is 18.3 Å². The van der Waals surface area contributed by atoms with Crippen molar-refractivity contribution in [3.63, 3.8) is 0 Å². The van der Waals surface area contributed by atoms with Crippen molar-refractivity contribution in [1.82, 2.24) is 0 Å². The first-order valence-electron chi connectivity index (χ1n) is 6.97. The topological polar surface area (TPSA) is 41.5 Å². The highest BCUT2D eigenvalue weighted by molar-refractivity contribution is 5.44. The van der Waals surface area contributed by atoms with Crippen molar-refractivity contribution in [2.24, 2.45) is 5.92 Å². The summed E-state index contributed by atoms with van der Waals surface area (Å²) in [5.74, 6) is -3.55. The number of benzene rings is 1. The number of ether oxygens (including phenoxy) is 1. The van der Waals surface area contributed by atoms with Crippen LogP contribution in [0.2, 0.25) is 0 Å². The summed E-state index contributed by atoms with van der Waals surface area (Å²) in [6.07, 6.45) is 0.0882. The number of hydrogen-bond donors (Lipinski definition) is 2. The number of hydrogen-bond acceptors (Lipinski definition) is 3. The molecule has 1 aromatic rings. The first kappa shape index (κ1) is 17.8. The maximum atomic E-state index is 13.0. The maximum absolute atomic E-state index is 13.0. The van der Waals surface area contributed by atoms with E-state index in [1.54, 1.807) is 0 Å². The zero-order valence-electron chi connectivity index (χ0n) is 12.5. The smallest absolute Gasteiger partial charge is 0.194 e. The molecule has 1 aromatic carbocycles. The van der Waals surface area contributed by atoms with E-state index in [1.165, 1.54) is 0 Å². The highest BCUT2D eigenvalue weighted by Gasteiger charge is 2.12. The van der Waals surface area contributed by atoms with E-state index < -0.39 is 23.6 Å². The Bertz CT molecular complexity index is 432. The lowest BCUT2D eigenvalue weighted by molar-refractivity contribution is -0.00444. The molecule has 2 atom stereocenters. The Hall–Kier alpha value is -1.27. The summed E-state index contributed by atoms with van der Waals surface area (Å²) in [6.45, 7) is 6.25. The van der Waals surface area contributed by atoms with E-state index >= 15 is 0 Å².